The van der Waals surface area contributed by atoms with E-state index in [1.54, 1.807) is 11.9 Å². The smallest absolute Gasteiger partial charge is 0.239 e. The van der Waals surface area contributed by atoms with Crippen LogP contribution in [0.3, 0.4) is 0 Å². The van der Waals surface area contributed by atoms with Crippen LogP contribution in [-0.4, -0.2) is 26.0 Å². The number of halogens is 2. The molecule has 3 N–H and O–H groups in total. The Morgan fingerprint density at radius 2 is 2.24 bits per heavy atom. The number of nitrogens with two attached hydrogens (primary N) is 1. The van der Waals surface area contributed by atoms with Gasteiger partial charge in [0.15, 0.2) is 0 Å². The predicted octanol–water partition coefficient (Wildman–Crippen LogP) is 1.63. The SMILES string of the molecule is CCN(CC(=O)NC)c1cc(Cl)c(F)cc1N. The number of carbonyl (C=O) groups is 1. The lowest BCUT2D eigenvalue weighted by Gasteiger charge is -2.24. The van der Waals surface area contributed by atoms with Crippen molar-refractivity contribution in [2.45, 2.75) is 6.92 Å². The zero-order valence-corrected chi connectivity index (χ0v) is 10.5. The van der Waals surface area contributed by atoms with Gasteiger partial charge < -0.3 is 16.0 Å². The van der Waals surface area contributed by atoms with Crippen LogP contribution in [-0.2, 0) is 4.79 Å². The minimum atomic E-state index is -0.566. The van der Waals surface area contributed by atoms with Crippen LogP contribution in [0.1, 0.15) is 6.92 Å². The molecule has 17 heavy (non-hydrogen) atoms. The molecule has 6 heteroatoms. The van der Waals surface area contributed by atoms with E-state index in [-0.39, 0.29) is 23.2 Å². The van der Waals surface area contributed by atoms with Crippen LogP contribution in [0.5, 0.6) is 0 Å². The predicted molar refractivity (Wildman–Crippen MR) is 67.8 cm³/mol. The third-order valence-electron chi connectivity index (χ3n) is 2.41. The number of carbonyl (C=O) groups excluding carboxylic acids is 1. The average molecular weight is 260 g/mol. The molecule has 0 aliphatic carbocycles. The third kappa shape index (κ3) is 3.23. The van der Waals surface area contributed by atoms with Crippen molar-refractivity contribution >= 4 is 28.9 Å². The van der Waals surface area contributed by atoms with E-state index in [1.165, 1.54) is 6.07 Å². The molecule has 0 saturated carbocycles. The molecule has 0 aliphatic heterocycles. The van der Waals surface area contributed by atoms with Gasteiger partial charge in [-0.3, -0.25) is 4.79 Å². The van der Waals surface area contributed by atoms with Crippen molar-refractivity contribution in [2.75, 3.05) is 30.8 Å². The summed E-state index contributed by atoms with van der Waals surface area (Å²) in [5.41, 5.74) is 6.53. The fraction of sp³-hybridized carbons (Fsp3) is 0.364. The normalized spacial score (nSPS) is 10.1. The number of nitrogens with one attached hydrogen (secondary N) is 1. The lowest BCUT2D eigenvalue weighted by atomic mass is 10.2. The molecule has 0 saturated heterocycles. The first-order valence-electron chi connectivity index (χ1n) is 5.19. The van der Waals surface area contributed by atoms with Crippen LogP contribution in [0.25, 0.3) is 0 Å². The Hall–Kier alpha value is -1.49. The minimum Gasteiger partial charge on any atom is -0.397 e. The molecular formula is C11H15ClFN3O. The highest BCUT2D eigenvalue weighted by atomic mass is 35.5. The van der Waals surface area contributed by atoms with Gasteiger partial charge >= 0.3 is 0 Å². The summed E-state index contributed by atoms with van der Waals surface area (Å²) >= 11 is 5.70. The lowest BCUT2D eigenvalue weighted by molar-refractivity contribution is -0.119. The molecular weight excluding hydrogens is 245 g/mol. The first-order chi connectivity index (χ1) is 7.99. The van der Waals surface area contributed by atoms with Crippen molar-refractivity contribution in [1.29, 1.82) is 0 Å². The van der Waals surface area contributed by atoms with Crippen molar-refractivity contribution in [3.05, 3.63) is 23.0 Å². The Morgan fingerprint density at radius 3 is 2.76 bits per heavy atom. The van der Waals surface area contributed by atoms with Crippen molar-refractivity contribution in [1.82, 2.24) is 5.32 Å². The van der Waals surface area contributed by atoms with E-state index in [9.17, 15) is 9.18 Å². The fourth-order valence-corrected chi connectivity index (χ4v) is 1.60. The number of rotatable bonds is 4. The number of anilines is 2. The molecule has 1 rings (SSSR count). The first kappa shape index (κ1) is 13.6. The van der Waals surface area contributed by atoms with Gasteiger partial charge in [0, 0.05) is 19.7 Å². The molecule has 1 aromatic carbocycles. The molecule has 1 amide bonds. The van der Waals surface area contributed by atoms with E-state index < -0.39 is 5.82 Å². The van der Waals surface area contributed by atoms with E-state index in [1.807, 2.05) is 6.92 Å². The molecule has 0 radical (unpaired) electrons. The summed E-state index contributed by atoms with van der Waals surface area (Å²) in [5, 5.41) is 2.51. The number of amides is 1. The molecule has 4 nitrogen and oxygen atoms in total. The number of likely N-dealkylation sites (N-methyl/N-ethyl adjacent to an activating group) is 2. The molecule has 0 unspecified atom stereocenters. The Bertz CT molecular complexity index is 425. The monoisotopic (exact) mass is 259 g/mol. The number of benzene rings is 1. The van der Waals surface area contributed by atoms with Gasteiger partial charge in [0.2, 0.25) is 5.91 Å². The molecule has 0 bridgehead atoms. The largest absolute Gasteiger partial charge is 0.397 e. The van der Waals surface area contributed by atoms with E-state index >= 15 is 0 Å². The van der Waals surface area contributed by atoms with Crippen molar-refractivity contribution in [2.24, 2.45) is 0 Å². The molecule has 94 valence electrons. The van der Waals surface area contributed by atoms with Gasteiger partial charge in [-0.15, -0.1) is 0 Å². The maximum atomic E-state index is 13.1. The molecule has 0 atom stereocenters. The molecule has 0 aliphatic rings. The van der Waals surface area contributed by atoms with Gasteiger partial charge in [-0.05, 0) is 13.0 Å². The maximum absolute atomic E-state index is 13.1. The van der Waals surface area contributed by atoms with E-state index in [0.29, 0.717) is 12.2 Å². The topological polar surface area (TPSA) is 58.4 Å². The van der Waals surface area contributed by atoms with Crippen LogP contribution >= 0.6 is 11.6 Å². The maximum Gasteiger partial charge on any atom is 0.239 e. The Morgan fingerprint density at radius 1 is 1.59 bits per heavy atom. The molecule has 1 aromatic rings. The zero-order chi connectivity index (χ0) is 13.0. The van der Waals surface area contributed by atoms with Gasteiger partial charge in [-0.2, -0.15) is 0 Å². The highest BCUT2D eigenvalue weighted by Crippen LogP contribution is 2.29. The average Bonchev–Trinajstić information content (AvgIpc) is 2.30. The van der Waals surface area contributed by atoms with Crippen LogP contribution in [0.15, 0.2) is 12.1 Å². The highest BCUT2D eigenvalue weighted by molar-refractivity contribution is 6.31. The summed E-state index contributed by atoms with van der Waals surface area (Å²) in [6.45, 7) is 2.60. The van der Waals surface area contributed by atoms with Crippen LogP contribution in [0.2, 0.25) is 5.02 Å². The number of hydrogen-bond acceptors (Lipinski definition) is 3. The number of nitrogens with zero attached hydrogens (tertiary/aromatic N) is 1. The fourth-order valence-electron chi connectivity index (χ4n) is 1.45. The Kier molecular flexibility index (Phi) is 4.57. The zero-order valence-electron chi connectivity index (χ0n) is 9.76. The summed E-state index contributed by atoms with van der Waals surface area (Å²) in [4.78, 5) is 13.0. The highest BCUT2D eigenvalue weighted by Gasteiger charge is 2.14. The third-order valence-corrected chi connectivity index (χ3v) is 2.69. The second-order valence-corrected chi connectivity index (χ2v) is 3.92. The molecule has 0 fully saturated rings. The molecule has 0 spiro atoms. The van der Waals surface area contributed by atoms with Gasteiger partial charge in [-0.25, -0.2) is 4.39 Å². The van der Waals surface area contributed by atoms with Crippen LogP contribution < -0.4 is 16.0 Å². The quantitative estimate of drug-likeness (QED) is 0.808. The Balaban J connectivity index is 3.03. The number of nitrogen functional groups attached to an aromatic ring is 1. The van der Waals surface area contributed by atoms with Crippen molar-refractivity contribution in [3.8, 4) is 0 Å². The summed E-state index contributed by atoms with van der Waals surface area (Å²) in [6.07, 6.45) is 0. The molecule has 0 heterocycles. The lowest BCUT2D eigenvalue weighted by Crippen LogP contribution is -2.35. The van der Waals surface area contributed by atoms with E-state index in [4.69, 9.17) is 17.3 Å². The van der Waals surface area contributed by atoms with Crippen molar-refractivity contribution < 1.29 is 9.18 Å². The van der Waals surface area contributed by atoms with Gasteiger partial charge in [0.1, 0.15) is 5.82 Å². The van der Waals surface area contributed by atoms with Gasteiger partial charge in [0.05, 0.1) is 22.9 Å². The summed E-state index contributed by atoms with van der Waals surface area (Å²) in [6, 6.07) is 2.59. The van der Waals surface area contributed by atoms with Crippen LogP contribution in [0, 0.1) is 5.82 Å². The second-order valence-electron chi connectivity index (χ2n) is 3.51. The Labute approximate surface area is 105 Å². The van der Waals surface area contributed by atoms with Crippen molar-refractivity contribution in [3.63, 3.8) is 0 Å². The summed E-state index contributed by atoms with van der Waals surface area (Å²) < 4.78 is 13.1. The van der Waals surface area contributed by atoms with E-state index in [2.05, 4.69) is 5.32 Å². The summed E-state index contributed by atoms with van der Waals surface area (Å²) in [5.74, 6) is -0.712. The number of hydrogen-bond donors (Lipinski definition) is 2. The summed E-state index contributed by atoms with van der Waals surface area (Å²) in [7, 11) is 1.55. The van der Waals surface area contributed by atoms with Gasteiger partial charge in [-0.1, -0.05) is 11.6 Å². The van der Waals surface area contributed by atoms with Crippen LogP contribution in [0.4, 0.5) is 15.8 Å². The minimum absolute atomic E-state index is 0.00967. The van der Waals surface area contributed by atoms with E-state index in [0.717, 1.165) is 6.07 Å². The molecule has 0 aromatic heterocycles. The van der Waals surface area contributed by atoms with Gasteiger partial charge in [0.25, 0.3) is 0 Å². The second kappa shape index (κ2) is 5.72. The first-order valence-corrected chi connectivity index (χ1v) is 5.57. The standard InChI is InChI=1S/C11H15ClFN3O/c1-3-16(6-11(17)15-2)10-4-7(12)8(13)5-9(10)14/h4-5H,3,6,14H2,1-2H3,(H,15,17).